The summed E-state index contributed by atoms with van der Waals surface area (Å²) in [5.74, 6) is 0. The maximum atomic E-state index is 5.77. The maximum absolute atomic E-state index is 5.77. The fourth-order valence-corrected chi connectivity index (χ4v) is 2.14. The van der Waals surface area contributed by atoms with Gasteiger partial charge in [-0.2, -0.15) is 0 Å². The number of hydrogen-bond donors (Lipinski definition) is 1. The van der Waals surface area contributed by atoms with E-state index in [9.17, 15) is 0 Å². The number of nitrogens with zero attached hydrogens (tertiary/aromatic N) is 1. The summed E-state index contributed by atoms with van der Waals surface area (Å²) in [5.41, 5.74) is 9.18. The lowest BCUT2D eigenvalue weighted by atomic mass is 9.95. The molecule has 1 atom stereocenters. The Labute approximate surface area is 103 Å². The molecule has 17 heavy (non-hydrogen) atoms. The third kappa shape index (κ3) is 2.93. The molecule has 1 aliphatic rings. The highest BCUT2D eigenvalue weighted by Gasteiger charge is 2.19. The minimum absolute atomic E-state index is 0.0583. The lowest BCUT2D eigenvalue weighted by Crippen LogP contribution is -2.27. The van der Waals surface area contributed by atoms with Crippen LogP contribution in [0.4, 0.5) is 0 Å². The predicted octanol–water partition coefficient (Wildman–Crippen LogP) is 1.79. The molecule has 0 spiro atoms. The molecular formula is C14H20N2O. The van der Waals surface area contributed by atoms with E-state index in [-0.39, 0.29) is 6.10 Å². The number of hydrogen-bond acceptors (Lipinski definition) is 3. The summed E-state index contributed by atoms with van der Waals surface area (Å²) < 4.78 is 5.77. The molecule has 3 nitrogen and oxygen atoms in total. The van der Waals surface area contributed by atoms with Crippen LogP contribution in [-0.4, -0.2) is 31.5 Å². The van der Waals surface area contributed by atoms with Crippen LogP contribution in [0.1, 0.15) is 24.5 Å². The van der Waals surface area contributed by atoms with Gasteiger partial charge in [0.2, 0.25) is 0 Å². The molecule has 3 heteroatoms. The molecule has 0 bridgehead atoms. The summed E-state index contributed by atoms with van der Waals surface area (Å²) in [6.07, 6.45) is 2.00. The van der Waals surface area contributed by atoms with E-state index >= 15 is 0 Å². The van der Waals surface area contributed by atoms with Crippen LogP contribution in [0.25, 0.3) is 0 Å². The molecule has 2 N–H and O–H groups in total. The smallest absolute Gasteiger partial charge is 0.0968 e. The zero-order valence-electron chi connectivity index (χ0n) is 10.4. The van der Waals surface area contributed by atoms with Gasteiger partial charge in [-0.3, -0.25) is 4.99 Å². The van der Waals surface area contributed by atoms with E-state index in [0.29, 0.717) is 13.2 Å². The quantitative estimate of drug-likeness (QED) is 0.787. The van der Waals surface area contributed by atoms with Gasteiger partial charge in [0.15, 0.2) is 0 Å². The predicted molar refractivity (Wildman–Crippen MR) is 70.6 cm³/mol. The summed E-state index contributed by atoms with van der Waals surface area (Å²) in [5, 5.41) is 0. The first-order chi connectivity index (χ1) is 8.33. The van der Waals surface area contributed by atoms with Gasteiger partial charge < -0.3 is 10.5 Å². The van der Waals surface area contributed by atoms with E-state index in [1.54, 1.807) is 0 Å². The standard InChI is InChI=1S/C14H20N2O/c1-11(17-10-4-8-15)14-13-6-3-2-5-12(13)7-9-16-14/h2-3,5-6,11H,4,7-10,15H2,1H3. The van der Waals surface area contributed by atoms with Gasteiger partial charge in [-0.25, -0.2) is 0 Å². The molecule has 92 valence electrons. The second-order valence-corrected chi connectivity index (χ2v) is 4.33. The lowest BCUT2D eigenvalue weighted by molar-refractivity contribution is 0.109. The summed E-state index contributed by atoms with van der Waals surface area (Å²) in [4.78, 5) is 4.61. The average Bonchev–Trinajstić information content (AvgIpc) is 2.38. The molecule has 0 saturated heterocycles. The first-order valence-corrected chi connectivity index (χ1v) is 6.27. The molecule has 1 aromatic rings. The minimum atomic E-state index is 0.0583. The van der Waals surface area contributed by atoms with Gasteiger partial charge in [0.1, 0.15) is 0 Å². The normalized spacial score (nSPS) is 16.2. The molecule has 1 heterocycles. The Hall–Kier alpha value is -1.19. The third-order valence-corrected chi connectivity index (χ3v) is 3.06. The van der Waals surface area contributed by atoms with Crippen LogP contribution in [0.5, 0.6) is 0 Å². The molecular weight excluding hydrogens is 212 g/mol. The van der Waals surface area contributed by atoms with Crippen LogP contribution in [-0.2, 0) is 11.2 Å². The Morgan fingerprint density at radius 1 is 1.41 bits per heavy atom. The molecule has 1 aliphatic heterocycles. The molecule has 0 radical (unpaired) electrons. The molecule has 0 saturated carbocycles. The van der Waals surface area contributed by atoms with Crippen LogP contribution in [0.2, 0.25) is 0 Å². The van der Waals surface area contributed by atoms with E-state index in [4.69, 9.17) is 10.5 Å². The van der Waals surface area contributed by atoms with Gasteiger partial charge >= 0.3 is 0 Å². The molecule has 1 unspecified atom stereocenters. The average molecular weight is 232 g/mol. The van der Waals surface area contributed by atoms with Gasteiger partial charge in [0.25, 0.3) is 0 Å². The van der Waals surface area contributed by atoms with Gasteiger partial charge in [0.05, 0.1) is 11.8 Å². The molecule has 0 fully saturated rings. The van der Waals surface area contributed by atoms with Gasteiger partial charge in [-0.15, -0.1) is 0 Å². The SMILES string of the molecule is CC(OCCCN)C1=NCCc2ccccc21. The zero-order valence-corrected chi connectivity index (χ0v) is 10.4. The van der Waals surface area contributed by atoms with Crippen molar-refractivity contribution in [1.29, 1.82) is 0 Å². The number of ether oxygens (including phenoxy) is 1. The first kappa shape index (κ1) is 12.3. The molecule has 0 amide bonds. The van der Waals surface area contributed by atoms with Crippen molar-refractivity contribution in [3.05, 3.63) is 35.4 Å². The van der Waals surface area contributed by atoms with Crippen molar-refractivity contribution >= 4 is 5.71 Å². The second-order valence-electron chi connectivity index (χ2n) is 4.33. The van der Waals surface area contributed by atoms with E-state index in [2.05, 4.69) is 36.2 Å². The van der Waals surface area contributed by atoms with Crippen LogP contribution in [0.15, 0.2) is 29.3 Å². The summed E-state index contributed by atoms with van der Waals surface area (Å²) in [6.45, 7) is 4.32. The Morgan fingerprint density at radius 2 is 2.24 bits per heavy atom. The van der Waals surface area contributed by atoms with Crippen LogP contribution < -0.4 is 5.73 Å². The van der Waals surface area contributed by atoms with Crippen molar-refractivity contribution in [2.24, 2.45) is 10.7 Å². The van der Waals surface area contributed by atoms with Crippen LogP contribution in [0.3, 0.4) is 0 Å². The van der Waals surface area contributed by atoms with E-state index in [1.165, 1.54) is 11.1 Å². The fourth-order valence-electron chi connectivity index (χ4n) is 2.14. The zero-order chi connectivity index (χ0) is 12.1. The summed E-state index contributed by atoms with van der Waals surface area (Å²) in [7, 11) is 0. The van der Waals surface area contributed by atoms with Crippen molar-refractivity contribution in [2.45, 2.75) is 25.9 Å². The number of benzene rings is 1. The highest BCUT2D eigenvalue weighted by molar-refractivity contribution is 6.05. The highest BCUT2D eigenvalue weighted by Crippen LogP contribution is 2.18. The lowest BCUT2D eigenvalue weighted by Gasteiger charge is -2.21. The Kier molecular flexibility index (Phi) is 4.29. The molecule has 2 rings (SSSR count). The first-order valence-electron chi connectivity index (χ1n) is 6.27. The van der Waals surface area contributed by atoms with Crippen LogP contribution in [0, 0.1) is 0 Å². The van der Waals surface area contributed by atoms with E-state index < -0.39 is 0 Å². The topological polar surface area (TPSA) is 47.6 Å². The van der Waals surface area contributed by atoms with Crippen molar-refractivity contribution in [3.8, 4) is 0 Å². The number of aliphatic imine (C=N–C) groups is 1. The number of nitrogens with two attached hydrogens (primary N) is 1. The Bertz CT molecular complexity index is 401. The van der Waals surface area contributed by atoms with Crippen molar-refractivity contribution in [2.75, 3.05) is 19.7 Å². The molecule has 0 aromatic heterocycles. The summed E-state index contributed by atoms with van der Waals surface area (Å²) >= 11 is 0. The Balaban J connectivity index is 2.08. The minimum Gasteiger partial charge on any atom is -0.372 e. The second kappa shape index (κ2) is 5.94. The fraction of sp³-hybridized carbons (Fsp3) is 0.500. The van der Waals surface area contributed by atoms with Gasteiger partial charge in [-0.05, 0) is 31.9 Å². The molecule has 0 aliphatic carbocycles. The molecule has 1 aromatic carbocycles. The largest absolute Gasteiger partial charge is 0.372 e. The number of fused-ring (bicyclic) bond motifs is 1. The highest BCUT2D eigenvalue weighted by atomic mass is 16.5. The maximum Gasteiger partial charge on any atom is 0.0968 e. The van der Waals surface area contributed by atoms with Gasteiger partial charge in [0, 0.05) is 18.7 Å². The Morgan fingerprint density at radius 3 is 3.06 bits per heavy atom. The van der Waals surface area contributed by atoms with E-state index in [0.717, 1.165) is 25.1 Å². The van der Waals surface area contributed by atoms with Crippen molar-refractivity contribution < 1.29 is 4.74 Å². The van der Waals surface area contributed by atoms with Crippen molar-refractivity contribution in [3.63, 3.8) is 0 Å². The van der Waals surface area contributed by atoms with Gasteiger partial charge in [-0.1, -0.05) is 24.3 Å². The summed E-state index contributed by atoms with van der Waals surface area (Å²) in [6, 6.07) is 8.46. The van der Waals surface area contributed by atoms with Crippen LogP contribution >= 0.6 is 0 Å². The van der Waals surface area contributed by atoms with Crippen molar-refractivity contribution in [1.82, 2.24) is 0 Å². The third-order valence-electron chi connectivity index (χ3n) is 3.06. The monoisotopic (exact) mass is 232 g/mol. The number of rotatable bonds is 5. The van der Waals surface area contributed by atoms with E-state index in [1.807, 2.05) is 0 Å².